The molecular weight excluding hydrogens is 396 g/mol. The normalized spacial score (nSPS) is 14.7. The number of benzene rings is 1. The summed E-state index contributed by atoms with van der Waals surface area (Å²) in [4.78, 5) is 13.3. The van der Waals surface area contributed by atoms with Gasteiger partial charge in [-0.1, -0.05) is 29.8 Å². The van der Waals surface area contributed by atoms with Crippen molar-refractivity contribution in [3.63, 3.8) is 0 Å². The van der Waals surface area contributed by atoms with Crippen molar-refractivity contribution in [2.45, 2.75) is 6.92 Å². The predicted molar refractivity (Wildman–Crippen MR) is 122 cm³/mol. The molecule has 0 radical (unpaired) electrons. The molecule has 2 heterocycles. The molecule has 1 N–H and O–H groups in total. The van der Waals surface area contributed by atoms with Crippen molar-refractivity contribution in [1.29, 1.82) is 0 Å². The van der Waals surface area contributed by atoms with Crippen LogP contribution in [0.5, 0.6) is 6.01 Å². The maximum Gasteiger partial charge on any atom is 0.320 e. The molecule has 1 fully saturated rings. The number of hydrogen-bond donors (Lipinski definition) is 1. The monoisotopic (exact) mass is 428 g/mol. The van der Waals surface area contributed by atoms with Crippen molar-refractivity contribution in [1.82, 2.24) is 14.9 Å². The van der Waals surface area contributed by atoms with Gasteiger partial charge < -0.3 is 19.1 Å². The highest BCUT2D eigenvalue weighted by molar-refractivity contribution is 5.80. The van der Waals surface area contributed by atoms with Crippen LogP contribution in [-0.4, -0.2) is 87.8 Å². The summed E-state index contributed by atoms with van der Waals surface area (Å²) in [7, 11) is 3.64. The van der Waals surface area contributed by atoms with E-state index >= 15 is 0 Å². The Morgan fingerprint density at radius 3 is 2.84 bits per heavy atom. The van der Waals surface area contributed by atoms with Gasteiger partial charge in [0.25, 0.3) is 0 Å². The lowest BCUT2D eigenvalue weighted by Crippen LogP contribution is -2.38. The first-order chi connectivity index (χ1) is 15.1. The minimum atomic E-state index is 0.322. The fourth-order valence-electron chi connectivity index (χ4n) is 3.09. The zero-order valence-electron chi connectivity index (χ0n) is 18.6. The molecule has 0 saturated carbocycles. The Balaban J connectivity index is 1.66. The summed E-state index contributed by atoms with van der Waals surface area (Å²) >= 11 is 0. The topological polar surface area (TPSA) is 84.3 Å². The van der Waals surface area contributed by atoms with E-state index in [1.54, 1.807) is 13.3 Å². The number of nitrogens with zero attached hydrogens (tertiary/aromatic N) is 5. The summed E-state index contributed by atoms with van der Waals surface area (Å²) in [6.07, 6.45) is 1.77. The van der Waals surface area contributed by atoms with Crippen molar-refractivity contribution in [2.24, 2.45) is 5.10 Å². The summed E-state index contributed by atoms with van der Waals surface area (Å²) in [6.45, 7) is 8.05. The van der Waals surface area contributed by atoms with Gasteiger partial charge in [0.05, 0.1) is 26.0 Å². The van der Waals surface area contributed by atoms with Gasteiger partial charge in [0.2, 0.25) is 0 Å². The first kappa shape index (κ1) is 22.9. The Morgan fingerprint density at radius 2 is 2.06 bits per heavy atom. The van der Waals surface area contributed by atoms with Crippen molar-refractivity contribution in [3.05, 3.63) is 41.5 Å². The second-order valence-corrected chi connectivity index (χ2v) is 7.39. The van der Waals surface area contributed by atoms with Crippen LogP contribution in [0, 0.1) is 6.92 Å². The molecule has 0 atom stereocenters. The maximum atomic E-state index is 5.87. The summed E-state index contributed by atoms with van der Waals surface area (Å²) < 4.78 is 16.4. The van der Waals surface area contributed by atoms with Crippen molar-refractivity contribution in [3.8, 4) is 6.01 Å². The van der Waals surface area contributed by atoms with Gasteiger partial charge in [-0.15, -0.1) is 0 Å². The molecule has 9 nitrogen and oxygen atoms in total. The first-order valence-corrected chi connectivity index (χ1v) is 10.5. The molecule has 1 aliphatic rings. The largest absolute Gasteiger partial charge is 0.462 e. The Bertz CT molecular complexity index is 842. The average Bonchev–Trinajstić information content (AvgIpc) is 2.78. The van der Waals surface area contributed by atoms with Gasteiger partial charge in [0, 0.05) is 46.4 Å². The van der Waals surface area contributed by atoms with E-state index in [0.29, 0.717) is 31.6 Å². The van der Waals surface area contributed by atoms with Gasteiger partial charge in [-0.2, -0.15) is 15.1 Å². The summed E-state index contributed by atoms with van der Waals surface area (Å²) in [5.41, 5.74) is 5.20. The molecule has 0 unspecified atom stereocenters. The molecule has 31 heavy (non-hydrogen) atoms. The van der Waals surface area contributed by atoms with Crippen molar-refractivity contribution < 1.29 is 14.2 Å². The lowest BCUT2D eigenvalue weighted by atomic mass is 10.2. The van der Waals surface area contributed by atoms with Crippen molar-refractivity contribution in [2.75, 3.05) is 77.1 Å². The van der Waals surface area contributed by atoms with Crippen LogP contribution in [0.3, 0.4) is 0 Å². The predicted octanol–water partition coefficient (Wildman–Crippen LogP) is 2.02. The highest BCUT2D eigenvalue weighted by atomic mass is 16.5. The zero-order valence-corrected chi connectivity index (χ0v) is 18.6. The van der Waals surface area contributed by atoms with Gasteiger partial charge in [0.15, 0.2) is 5.82 Å². The number of ether oxygens (including phenoxy) is 3. The molecule has 0 aliphatic carbocycles. The number of morpholine rings is 1. The van der Waals surface area contributed by atoms with Crippen LogP contribution < -0.4 is 15.1 Å². The molecule has 0 spiro atoms. The van der Waals surface area contributed by atoms with Gasteiger partial charge in [-0.05, 0) is 12.5 Å². The van der Waals surface area contributed by atoms with Crippen molar-refractivity contribution >= 4 is 17.9 Å². The number of anilines is 2. The standard InChI is InChI=1S/C22H32N6O3/c1-18-5-4-6-19(15-18)17-23-26-20-16-21(27(2)7-11-29-3)25-22(24-20)31-14-10-28-8-12-30-13-9-28/h4-6,15-17H,7-14H2,1-3H3,(H,24,25,26). The Morgan fingerprint density at radius 1 is 1.23 bits per heavy atom. The maximum absolute atomic E-state index is 5.87. The summed E-state index contributed by atoms with van der Waals surface area (Å²) in [5.74, 6) is 1.31. The number of likely N-dealkylation sites (N-methyl/N-ethyl adjacent to an activating group) is 1. The first-order valence-electron chi connectivity index (χ1n) is 10.5. The lowest BCUT2D eigenvalue weighted by Gasteiger charge is -2.26. The third-order valence-electron chi connectivity index (χ3n) is 4.89. The van der Waals surface area contributed by atoms with E-state index in [1.807, 2.05) is 30.1 Å². The van der Waals surface area contributed by atoms with E-state index in [2.05, 4.69) is 44.5 Å². The number of hydrazone groups is 1. The van der Waals surface area contributed by atoms with E-state index in [4.69, 9.17) is 14.2 Å². The second kappa shape index (κ2) is 12.2. The van der Waals surface area contributed by atoms with Gasteiger partial charge in [-0.3, -0.25) is 10.3 Å². The summed E-state index contributed by atoms with van der Waals surface area (Å²) in [6, 6.07) is 10.3. The SMILES string of the molecule is COCCN(C)c1cc(NN=Cc2cccc(C)c2)nc(OCCN2CCOCC2)n1. The van der Waals surface area contributed by atoms with E-state index in [1.165, 1.54) is 5.56 Å². The van der Waals surface area contributed by atoms with Crippen LogP contribution in [-0.2, 0) is 9.47 Å². The number of aryl methyl sites for hydroxylation is 1. The quantitative estimate of drug-likeness (QED) is 0.430. The third-order valence-corrected chi connectivity index (χ3v) is 4.89. The number of methoxy groups -OCH3 is 1. The second-order valence-electron chi connectivity index (χ2n) is 7.39. The van der Waals surface area contributed by atoms with E-state index in [0.717, 1.165) is 44.2 Å². The Kier molecular flexibility index (Phi) is 9.01. The summed E-state index contributed by atoms with van der Waals surface area (Å²) in [5, 5.41) is 4.32. The van der Waals surface area contributed by atoms with Gasteiger partial charge in [-0.25, -0.2) is 0 Å². The molecule has 168 valence electrons. The number of aromatic nitrogens is 2. The number of nitrogens with one attached hydrogen (secondary N) is 1. The minimum Gasteiger partial charge on any atom is -0.462 e. The molecule has 1 aromatic heterocycles. The van der Waals surface area contributed by atoms with Crippen LogP contribution in [0.2, 0.25) is 0 Å². The molecular formula is C22H32N6O3. The average molecular weight is 429 g/mol. The molecule has 1 saturated heterocycles. The Labute approximate surface area is 184 Å². The van der Waals surface area contributed by atoms with E-state index in [-0.39, 0.29) is 0 Å². The molecule has 1 aromatic carbocycles. The molecule has 2 aromatic rings. The molecule has 3 rings (SSSR count). The van der Waals surface area contributed by atoms with Gasteiger partial charge in [0.1, 0.15) is 12.4 Å². The van der Waals surface area contributed by atoms with Crippen LogP contribution in [0.25, 0.3) is 0 Å². The number of hydrogen-bond acceptors (Lipinski definition) is 9. The minimum absolute atomic E-state index is 0.322. The fourth-order valence-corrected chi connectivity index (χ4v) is 3.09. The molecule has 0 amide bonds. The van der Waals surface area contributed by atoms with Gasteiger partial charge >= 0.3 is 6.01 Å². The van der Waals surface area contributed by atoms with Crippen LogP contribution in [0.4, 0.5) is 11.6 Å². The Hall–Kier alpha value is -2.75. The zero-order chi connectivity index (χ0) is 21.9. The third kappa shape index (κ3) is 7.78. The molecule has 1 aliphatic heterocycles. The van der Waals surface area contributed by atoms with Crippen LogP contribution >= 0.6 is 0 Å². The highest BCUT2D eigenvalue weighted by Crippen LogP contribution is 2.19. The number of rotatable bonds is 11. The van der Waals surface area contributed by atoms with E-state index in [9.17, 15) is 0 Å². The lowest BCUT2D eigenvalue weighted by molar-refractivity contribution is 0.0317. The van der Waals surface area contributed by atoms with Crippen LogP contribution in [0.15, 0.2) is 35.4 Å². The molecule has 0 bridgehead atoms. The highest BCUT2D eigenvalue weighted by Gasteiger charge is 2.12. The van der Waals surface area contributed by atoms with Crippen LogP contribution in [0.1, 0.15) is 11.1 Å². The molecule has 9 heteroatoms. The van der Waals surface area contributed by atoms with E-state index < -0.39 is 0 Å². The smallest absolute Gasteiger partial charge is 0.320 e. The fraction of sp³-hybridized carbons (Fsp3) is 0.500.